The molecule has 0 saturated heterocycles. The average Bonchev–Trinajstić information content (AvgIpc) is 3.26. The van der Waals surface area contributed by atoms with Crippen molar-refractivity contribution >= 4 is 33.3 Å². The van der Waals surface area contributed by atoms with Crippen LogP contribution in [0, 0.1) is 5.82 Å². The number of nitrogens with one attached hydrogen (secondary N) is 1. The molecule has 0 aliphatic rings. The van der Waals surface area contributed by atoms with Crippen LogP contribution < -0.4 is 5.32 Å². The molecule has 0 radical (unpaired) electrons. The van der Waals surface area contributed by atoms with Crippen LogP contribution in [0.5, 0.6) is 0 Å². The van der Waals surface area contributed by atoms with Crippen LogP contribution in [-0.2, 0) is 4.79 Å². The molecule has 4 aromatic rings. The predicted octanol–water partition coefficient (Wildman–Crippen LogP) is 3.86. The molecule has 0 spiro atoms. The Balaban J connectivity index is 1.79. The summed E-state index contributed by atoms with van der Waals surface area (Å²) in [5.41, 5.74) is 0.996. The average molecular weight is 352 g/mol. The summed E-state index contributed by atoms with van der Waals surface area (Å²) in [6.45, 7) is 0. The van der Waals surface area contributed by atoms with Gasteiger partial charge in [-0.3, -0.25) is 14.8 Å². The molecule has 2 aromatic carbocycles. The van der Waals surface area contributed by atoms with E-state index >= 15 is 0 Å². The normalized spacial score (nSPS) is 12.2. The third kappa shape index (κ3) is 3.01. The summed E-state index contributed by atoms with van der Waals surface area (Å²) in [4.78, 5) is 17.0. The van der Waals surface area contributed by atoms with Gasteiger partial charge in [0.1, 0.15) is 5.52 Å². The molecular formula is C18H13FN4OS. The molecule has 0 fully saturated rings. The topological polar surface area (TPSA) is 59.8 Å². The number of nitrogens with zero attached hydrogens (tertiary/aromatic N) is 3. The van der Waals surface area contributed by atoms with Gasteiger partial charge in [-0.25, -0.2) is 9.37 Å². The van der Waals surface area contributed by atoms with Crippen LogP contribution >= 0.6 is 11.3 Å². The molecule has 0 unspecified atom stereocenters. The number of anilines is 1. The summed E-state index contributed by atoms with van der Waals surface area (Å²) < 4.78 is 15.5. The van der Waals surface area contributed by atoms with Crippen molar-refractivity contribution in [3.63, 3.8) is 0 Å². The third-order valence-electron chi connectivity index (χ3n) is 3.80. The van der Waals surface area contributed by atoms with Crippen molar-refractivity contribution in [3.05, 3.63) is 77.7 Å². The lowest BCUT2D eigenvalue weighted by atomic mass is 10.1. The summed E-state index contributed by atoms with van der Waals surface area (Å²) in [6, 6.07) is 13.3. The van der Waals surface area contributed by atoms with Crippen molar-refractivity contribution < 1.29 is 9.18 Å². The Morgan fingerprint density at radius 3 is 2.72 bits per heavy atom. The molecule has 2 aromatic heterocycles. The highest BCUT2D eigenvalue weighted by atomic mass is 32.1. The molecule has 1 amide bonds. The van der Waals surface area contributed by atoms with E-state index in [1.165, 1.54) is 22.1 Å². The Morgan fingerprint density at radius 2 is 2.00 bits per heavy atom. The molecular weight excluding hydrogens is 339 g/mol. The van der Waals surface area contributed by atoms with E-state index in [2.05, 4.69) is 15.4 Å². The van der Waals surface area contributed by atoms with Gasteiger partial charge >= 0.3 is 0 Å². The first-order chi connectivity index (χ1) is 12.2. The fourth-order valence-electron chi connectivity index (χ4n) is 2.68. The molecule has 25 heavy (non-hydrogen) atoms. The van der Waals surface area contributed by atoms with Gasteiger partial charge in [0.15, 0.2) is 17.0 Å². The van der Waals surface area contributed by atoms with Gasteiger partial charge < -0.3 is 0 Å². The van der Waals surface area contributed by atoms with Gasteiger partial charge in [0.05, 0.1) is 0 Å². The van der Waals surface area contributed by atoms with Crippen molar-refractivity contribution in [2.45, 2.75) is 6.04 Å². The lowest BCUT2D eigenvalue weighted by molar-refractivity contribution is -0.118. The van der Waals surface area contributed by atoms with Crippen LogP contribution in [0.1, 0.15) is 11.6 Å². The maximum Gasteiger partial charge on any atom is 0.255 e. The van der Waals surface area contributed by atoms with Gasteiger partial charge in [-0.1, -0.05) is 42.5 Å². The fraction of sp³-hybridized carbons (Fsp3) is 0.0556. The van der Waals surface area contributed by atoms with Crippen molar-refractivity contribution in [2.75, 3.05) is 5.32 Å². The summed E-state index contributed by atoms with van der Waals surface area (Å²) in [6.07, 6.45) is 3.30. The van der Waals surface area contributed by atoms with E-state index in [4.69, 9.17) is 0 Å². The number of thiazole rings is 1. The number of rotatable bonds is 4. The van der Waals surface area contributed by atoms with Gasteiger partial charge in [-0.05, 0) is 11.6 Å². The zero-order valence-electron chi connectivity index (χ0n) is 13.0. The molecule has 1 atom stereocenters. The second kappa shape index (κ2) is 6.45. The number of carbonyl (C=O) groups excluding carboxylic acids is 1. The summed E-state index contributed by atoms with van der Waals surface area (Å²) in [7, 11) is 0. The van der Waals surface area contributed by atoms with E-state index in [0.717, 1.165) is 5.56 Å². The van der Waals surface area contributed by atoms with Gasteiger partial charge in [-0.15, -0.1) is 11.3 Å². The lowest BCUT2D eigenvalue weighted by Crippen LogP contribution is -2.27. The maximum absolute atomic E-state index is 14.0. The number of hydrogen-bond donors (Lipinski definition) is 1. The maximum atomic E-state index is 14.0. The molecule has 4 rings (SSSR count). The number of halogens is 1. The van der Waals surface area contributed by atoms with Crippen molar-refractivity contribution in [2.24, 2.45) is 0 Å². The van der Waals surface area contributed by atoms with Gasteiger partial charge in [0, 0.05) is 23.2 Å². The van der Waals surface area contributed by atoms with Crippen LogP contribution in [0.3, 0.4) is 0 Å². The number of carbonyl (C=O) groups is 1. The highest BCUT2D eigenvalue weighted by Crippen LogP contribution is 2.24. The van der Waals surface area contributed by atoms with Crippen molar-refractivity contribution in [1.82, 2.24) is 14.8 Å². The van der Waals surface area contributed by atoms with Gasteiger partial charge in [-0.2, -0.15) is 5.10 Å². The SMILES string of the molecule is O=C(Nc1nccs1)[C@@H](c1ccccc1)n1cc2cccc(F)c2n1. The Hall–Kier alpha value is -3.06. The predicted molar refractivity (Wildman–Crippen MR) is 95.0 cm³/mol. The van der Waals surface area contributed by atoms with E-state index < -0.39 is 11.9 Å². The zero-order chi connectivity index (χ0) is 17.2. The first-order valence-electron chi connectivity index (χ1n) is 7.61. The number of hydrogen-bond acceptors (Lipinski definition) is 4. The highest BCUT2D eigenvalue weighted by Gasteiger charge is 2.25. The largest absolute Gasteiger partial charge is 0.300 e. The minimum Gasteiger partial charge on any atom is -0.300 e. The summed E-state index contributed by atoms with van der Waals surface area (Å²) in [5, 5.41) is 10.0. The standard InChI is InChI=1S/C18H13FN4OS/c19-14-8-4-7-13-11-23(22-15(13)14)16(12-5-2-1-3-6-12)17(24)21-18-20-9-10-25-18/h1-11,16H,(H,20,21,24)/t16-/m1/s1. The smallest absolute Gasteiger partial charge is 0.255 e. The summed E-state index contributed by atoms with van der Waals surface area (Å²) >= 11 is 1.33. The molecule has 7 heteroatoms. The molecule has 124 valence electrons. The zero-order valence-corrected chi connectivity index (χ0v) is 13.8. The van der Waals surface area contributed by atoms with E-state index in [1.807, 2.05) is 30.3 Å². The Kier molecular flexibility index (Phi) is 3.99. The first-order valence-corrected chi connectivity index (χ1v) is 8.49. The van der Waals surface area contributed by atoms with Crippen LogP contribution in [0.4, 0.5) is 9.52 Å². The van der Waals surface area contributed by atoms with E-state index in [9.17, 15) is 9.18 Å². The quantitative estimate of drug-likeness (QED) is 0.607. The Morgan fingerprint density at radius 1 is 1.16 bits per heavy atom. The molecule has 5 nitrogen and oxygen atoms in total. The van der Waals surface area contributed by atoms with Crippen LogP contribution in [0.25, 0.3) is 10.9 Å². The van der Waals surface area contributed by atoms with Gasteiger partial charge in [0.2, 0.25) is 0 Å². The third-order valence-corrected chi connectivity index (χ3v) is 4.48. The molecule has 0 bridgehead atoms. The monoisotopic (exact) mass is 352 g/mol. The molecule has 2 heterocycles. The molecule has 0 saturated carbocycles. The number of benzene rings is 2. The Bertz CT molecular complexity index is 1010. The summed E-state index contributed by atoms with van der Waals surface area (Å²) in [5.74, 6) is -0.697. The number of amides is 1. The van der Waals surface area contributed by atoms with E-state index in [0.29, 0.717) is 10.5 Å². The van der Waals surface area contributed by atoms with Crippen LogP contribution in [0.2, 0.25) is 0 Å². The second-order valence-electron chi connectivity index (χ2n) is 5.43. The molecule has 1 N–H and O–H groups in total. The minimum absolute atomic E-state index is 0.241. The number of fused-ring (bicyclic) bond motifs is 1. The van der Waals surface area contributed by atoms with Crippen molar-refractivity contribution in [3.8, 4) is 0 Å². The van der Waals surface area contributed by atoms with Crippen molar-refractivity contribution in [1.29, 1.82) is 0 Å². The fourth-order valence-corrected chi connectivity index (χ4v) is 3.21. The highest BCUT2D eigenvalue weighted by molar-refractivity contribution is 7.13. The van der Waals surface area contributed by atoms with E-state index in [1.54, 1.807) is 29.9 Å². The Labute approximate surface area is 146 Å². The lowest BCUT2D eigenvalue weighted by Gasteiger charge is -2.17. The van der Waals surface area contributed by atoms with Gasteiger partial charge in [0.25, 0.3) is 5.91 Å². The minimum atomic E-state index is -0.725. The first kappa shape index (κ1) is 15.5. The molecule has 0 aliphatic heterocycles. The van der Waals surface area contributed by atoms with Crippen LogP contribution in [0.15, 0.2) is 66.3 Å². The van der Waals surface area contributed by atoms with E-state index in [-0.39, 0.29) is 11.4 Å². The van der Waals surface area contributed by atoms with Crippen LogP contribution in [-0.4, -0.2) is 20.7 Å². The molecule has 0 aliphatic carbocycles. The second-order valence-corrected chi connectivity index (χ2v) is 6.32. The number of aromatic nitrogens is 3.